The molecule has 0 bridgehead atoms. The molecule has 126 valence electrons. The maximum atomic E-state index is 12.0. The van der Waals surface area contributed by atoms with E-state index in [1.165, 1.54) is 5.56 Å². The van der Waals surface area contributed by atoms with Crippen LogP contribution < -0.4 is 4.74 Å². The summed E-state index contributed by atoms with van der Waals surface area (Å²) in [5.41, 5.74) is 3.93. The number of halogens is 1. The molecule has 0 saturated heterocycles. The summed E-state index contributed by atoms with van der Waals surface area (Å²) < 4.78 is 10.6. The van der Waals surface area contributed by atoms with Crippen LogP contribution in [-0.2, 0) is 16.7 Å². The molecule has 3 nitrogen and oxygen atoms in total. The third-order valence-corrected chi connectivity index (χ3v) is 4.35. The molecule has 4 heteroatoms. The van der Waals surface area contributed by atoms with Crippen molar-refractivity contribution in [2.75, 3.05) is 0 Å². The van der Waals surface area contributed by atoms with Gasteiger partial charge in [-0.05, 0) is 22.8 Å². The highest BCUT2D eigenvalue weighted by Crippen LogP contribution is 2.30. The van der Waals surface area contributed by atoms with Crippen LogP contribution in [0, 0.1) is 0 Å². The number of hydrogen-bond donors (Lipinski definition) is 0. The van der Waals surface area contributed by atoms with Gasteiger partial charge in [-0.15, -0.1) is 0 Å². The molecule has 0 radical (unpaired) electrons. The average Bonchev–Trinajstić information content (AvgIpc) is 2.68. The predicted octanol–water partition coefficient (Wildman–Crippen LogP) is 5.96. The normalized spacial score (nSPS) is 10.3. The lowest BCUT2D eigenvalue weighted by Crippen LogP contribution is -2.11. The molecular weight excluding hydrogens is 380 g/mol. The highest BCUT2D eigenvalue weighted by atomic mass is 79.9. The Labute approximate surface area is 155 Å². The highest BCUT2D eigenvalue weighted by molar-refractivity contribution is 9.08. The predicted molar refractivity (Wildman–Crippen MR) is 102 cm³/mol. The third-order valence-electron chi connectivity index (χ3n) is 3.70. The number of carbonyl (C=O) groups is 1. The monoisotopic (exact) mass is 396 g/mol. The van der Waals surface area contributed by atoms with Gasteiger partial charge in [-0.3, -0.25) is 0 Å². The van der Waals surface area contributed by atoms with Gasteiger partial charge in [0, 0.05) is 10.9 Å². The Balaban J connectivity index is 1.70. The van der Waals surface area contributed by atoms with E-state index < -0.39 is 6.16 Å². The SMILES string of the molecule is O=C(OCc1ccccc1)Oc1ccccc1-c1ccc(CBr)cc1. The van der Waals surface area contributed by atoms with Gasteiger partial charge in [0.25, 0.3) is 0 Å². The summed E-state index contributed by atoms with van der Waals surface area (Å²) in [5.74, 6) is 0.479. The van der Waals surface area contributed by atoms with E-state index in [-0.39, 0.29) is 6.61 Å². The minimum atomic E-state index is -0.714. The van der Waals surface area contributed by atoms with Crippen molar-refractivity contribution in [3.05, 3.63) is 90.0 Å². The van der Waals surface area contributed by atoms with E-state index >= 15 is 0 Å². The molecule has 0 atom stereocenters. The quantitative estimate of drug-likeness (QED) is 0.303. The van der Waals surface area contributed by atoms with Gasteiger partial charge in [-0.2, -0.15) is 0 Å². The number of ether oxygens (including phenoxy) is 2. The maximum Gasteiger partial charge on any atom is 0.514 e. The van der Waals surface area contributed by atoms with Crippen LogP contribution in [0.5, 0.6) is 5.75 Å². The summed E-state index contributed by atoms with van der Waals surface area (Å²) in [5, 5.41) is 0.803. The second kappa shape index (κ2) is 8.49. The number of alkyl halides is 1. The highest BCUT2D eigenvalue weighted by Gasteiger charge is 2.11. The van der Waals surface area contributed by atoms with Crippen LogP contribution in [0.15, 0.2) is 78.9 Å². The molecule has 25 heavy (non-hydrogen) atoms. The first-order valence-corrected chi connectivity index (χ1v) is 9.01. The van der Waals surface area contributed by atoms with E-state index in [1.807, 2.05) is 72.8 Å². The van der Waals surface area contributed by atoms with Gasteiger partial charge >= 0.3 is 6.16 Å². The molecule has 0 N–H and O–H groups in total. The van der Waals surface area contributed by atoms with Crippen molar-refractivity contribution < 1.29 is 14.3 Å². The number of para-hydroxylation sites is 1. The lowest BCUT2D eigenvalue weighted by molar-refractivity contribution is 0.0929. The summed E-state index contributed by atoms with van der Waals surface area (Å²) in [6.07, 6.45) is -0.714. The Bertz CT molecular complexity index is 829. The Morgan fingerprint density at radius 1 is 0.800 bits per heavy atom. The van der Waals surface area contributed by atoms with E-state index in [1.54, 1.807) is 6.07 Å². The van der Waals surface area contributed by atoms with Gasteiger partial charge in [0.2, 0.25) is 0 Å². The van der Waals surface area contributed by atoms with Crippen LogP contribution in [0.4, 0.5) is 4.79 Å². The van der Waals surface area contributed by atoms with Gasteiger partial charge in [-0.25, -0.2) is 4.79 Å². The first-order chi connectivity index (χ1) is 12.3. The molecule has 0 saturated carbocycles. The number of hydrogen-bond acceptors (Lipinski definition) is 3. The molecule has 3 aromatic rings. The second-order valence-electron chi connectivity index (χ2n) is 5.45. The molecule has 0 unspecified atom stereocenters. The minimum absolute atomic E-state index is 0.182. The standard InChI is InChI=1S/C21H17BrO3/c22-14-16-10-12-18(13-11-16)19-8-4-5-9-20(19)25-21(23)24-15-17-6-2-1-3-7-17/h1-13H,14-15H2. The summed E-state index contributed by atoms with van der Waals surface area (Å²) >= 11 is 3.44. The van der Waals surface area contributed by atoms with Crippen molar-refractivity contribution in [3.63, 3.8) is 0 Å². The van der Waals surface area contributed by atoms with Crippen LogP contribution in [0.2, 0.25) is 0 Å². The van der Waals surface area contributed by atoms with Gasteiger partial charge in [0.15, 0.2) is 0 Å². The Hall–Kier alpha value is -2.59. The summed E-state index contributed by atoms with van der Waals surface area (Å²) in [7, 11) is 0. The summed E-state index contributed by atoms with van der Waals surface area (Å²) in [4.78, 5) is 12.0. The first-order valence-electron chi connectivity index (χ1n) is 7.89. The molecule has 0 aliphatic heterocycles. The third kappa shape index (κ3) is 4.70. The smallest absolute Gasteiger partial charge is 0.429 e. The molecule has 0 aromatic heterocycles. The number of carbonyl (C=O) groups excluding carboxylic acids is 1. The van der Waals surface area contributed by atoms with Crippen LogP contribution >= 0.6 is 15.9 Å². The minimum Gasteiger partial charge on any atom is -0.429 e. The molecule has 0 fully saturated rings. The van der Waals surface area contributed by atoms with Gasteiger partial charge in [0.05, 0.1) is 0 Å². The molecule has 0 aliphatic rings. The Morgan fingerprint density at radius 3 is 2.20 bits per heavy atom. The fraction of sp³-hybridized carbons (Fsp3) is 0.0952. The van der Waals surface area contributed by atoms with Crippen molar-refractivity contribution >= 4 is 22.1 Å². The molecule has 3 aromatic carbocycles. The van der Waals surface area contributed by atoms with Crippen molar-refractivity contribution in [1.29, 1.82) is 0 Å². The fourth-order valence-electron chi connectivity index (χ4n) is 2.40. The van der Waals surface area contributed by atoms with Crippen molar-refractivity contribution in [2.45, 2.75) is 11.9 Å². The van der Waals surface area contributed by atoms with E-state index in [0.29, 0.717) is 5.75 Å². The van der Waals surface area contributed by atoms with Crippen molar-refractivity contribution in [1.82, 2.24) is 0 Å². The lowest BCUT2D eigenvalue weighted by Gasteiger charge is -2.11. The topological polar surface area (TPSA) is 35.5 Å². The molecule has 0 amide bonds. The molecule has 0 spiro atoms. The van der Waals surface area contributed by atoms with Crippen LogP contribution in [0.3, 0.4) is 0 Å². The summed E-state index contributed by atoms with van der Waals surface area (Å²) in [6.45, 7) is 0.182. The van der Waals surface area contributed by atoms with Gasteiger partial charge < -0.3 is 9.47 Å². The number of benzene rings is 3. The van der Waals surface area contributed by atoms with Crippen LogP contribution in [-0.4, -0.2) is 6.16 Å². The summed E-state index contributed by atoms with van der Waals surface area (Å²) in [6, 6.07) is 25.0. The van der Waals surface area contributed by atoms with E-state index in [0.717, 1.165) is 22.0 Å². The van der Waals surface area contributed by atoms with Crippen LogP contribution in [0.25, 0.3) is 11.1 Å². The molecule has 0 heterocycles. The Morgan fingerprint density at radius 2 is 1.48 bits per heavy atom. The first kappa shape index (κ1) is 17.2. The Kier molecular flexibility index (Phi) is 5.86. The largest absolute Gasteiger partial charge is 0.514 e. The zero-order valence-electron chi connectivity index (χ0n) is 13.5. The van der Waals surface area contributed by atoms with E-state index in [4.69, 9.17) is 9.47 Å². The zero-order valence-corrected chi connectivity index (χ0v) is 15.1. The second-order valence-corrected chi connectivity index (χ2v) is 6.01. The average molecular weight is 397 g/mol. The van der Waals surface area contributed by atoms with Crippen LogP contribution in [0.1, 0.15) is 11.1 Å². The van der Waals surface area contributed by atoms with E-state index in [2.05, 4.69) is 15.9 Å². The lowest BCUT2D eigenvalue weighted by atomic mass is 10.0. The van der Waals surface area contributed by atoms with Gasteiger partial charge in [-0.1, -0.05) is 88.7 Å². The molecule has 3 rings (SSSR count). The maximum absolute atomic E-state index is 12.0. The number of rotatable bonds is 5. The van der Waals surface area contributed by atoms with Crippen molar-refractivity contribution in [2.24, 2.45) is 0 Å². The molecular formula is C21H17BrO3. The molecule has 0 aliphatic carbocycles. The van der Waals surface area contributed by atoms with Gasteiger partial charge in [0.1, 0.15) is 12.4 Å². The van der Waals surface area contributed by atoms with Crippen molar-refractivity contribution in [3.8, 4) is 16.9 Å². The fourth-order valence-corrected chi connectivity index (χ4v) is 2.78. The van der Waals surface area contributed by atoms with E-state index in [9.17, 15) is 4.79 Å². The zero-order chi connectivity index (χ0) is 17.5.